The first-order valence-corrected chi connectivity index (χ1v) is 5.52. The van der Waals surface area contributed by atoms with Crippen LogP contribution in [0.2, 0.25) is 5.15 Å². The number of nitrogens with one attached hydrogen (secondary N) is 1. The van der Waals surface area contributed by atoms with E-state index in [1.165, 1.54) is 18.5 Å². The topological polar surface area (TPSA) is 75.1 Å². The normalized spacial score (nSPS) is 10.1. The highest BCUT2D eigenvalue weighted by atomic mass is 35.5. The third-order valence-corrected chi connectivity index (χ3v) is 2.45. The lowest BCUT2D eigenvalue weighted by Crippen LogP contribution is -2.13. The summed E-state index contributed by atoms with van der Waals surface area (Å²) in [5.41, 5.74) is 1.06. The fourth-order valence-corrected chi connectivity index (χ4v) is 1.49. The van der Waals surface area contributed by atoms with Crippen LogP contribution in [0.25, 0.3) is 0 Å². The second-order valence-electron chi connectivity index (χ2n) is 3.70. The summed E-state index contributed by atoms with van der Waals surface area (Å²) in [5.74, 6) is -0.266. The number of phenolic OH excluding ortho intramolecular Hbond substituents is 1. The van der Waals surface area contributed by atoms with Gasteiger partial charge in [0.25, 0.3) is 5.91 Å². The summed E-state index contributed by atoms with van der Waals surface area (Å²) in [4.78, 5) is 19.6. The monoisotopic (exact) mass is 263 g/mol. The van der Waals surface area contributed by atoms with Gasteiger partial charge in [-0.15, -0.1) is 0 Å². The molecule has 0 aliphatic heterocycles. The van der Waals surface area contributed by atoms with E-state index < -0.39 is 5.91 Å². The summed E-state index contributed by atoms with van der Waals surface area (Å²) in [7, 11) is 0. The average Bonchev–Trinajstić information content (AvgIpc) is 2.35. The standard InChI is InChI=1S/C12H10ClN3O2/c1-7-2-3-9(17)8(4-7)12(18)16-11-6-14-10(13)5-15-11/h2-6,17H,1H3,(H,15,16,18). The van der Waals surface area contributed by atoms with Crippen LogP contribution in [0.15, 0.2) is 30.6 Å². The maximum Gasteiger partial charge on any atom is 0.260 e. The van der Waals surface area contributed by atoms with Crippen molar-refractivity contribution in [2.75, 3.05) is 5.32 Å². The number of halogens is 1. The minimum Gasteiger partial charge on any atom is -0.507 e. The zero-order valence-corrected chi connectivity index (χ0v) is 10.3. The van der Waals surface area contributed by atoms with Crippen molar-refractivity contribution < 1.29 is 9.90 Å². The summed E-state index contributed by atoms with van der Waals surface area (Å²) < 4.78 is 0. The molecule has 0 aliphatic carbocycles. The molecule has 6 heteroatoms. The number of hydrogen-bond acceptors (Lipinski definition) is 4. The van der Waals surface area contributed by atoms with Gasteiger partial charge in [-0.3, -0.25) is 4.79 Å². The highest BCUT2D eigenvalue weighted by Gasteiger charge is 2.12. The lowest BCUT2D eigenvalue weighted by atomic mass is 10.1. The van der Waals surface area contributed by atoms with E-state index in [2.05, 4.69) is 15.3 Å². The van der Waals surface area contributed by atoms with E-state index in [-0.39, 0.29) is 22.3 Å². The second-order valence-corrected chi connectivity index (χ2v) is 4.09. The lowest BCUT2D eigenvalue weighted by molar-refractivity contribution is 0.102. The minimum absolute atomic E-state index is 0.0833. The van der Waals surface area contributed by atoms with Crippen LogP contribution >= 0.6 is 11.6 Å². The van der Waals surface area contributed by atoms with Crippen molar-refractivity contribution in [2.45, 2.75) is 6.92 Å². The highest BCUT2D eigenvalue weighted by molar-refractivity contribution is 6.29. The van der Waals surface area contributed by atoms with Crippen LogP contribution in [0.3, 0.4) is 0 Å². The lowest BCUT2D eigenvalue weighted by Gasteiger charge is -2.06. The van der Waals surface area contributed by atoms with Crippen LogP contribution in [0.1, 0.15) is 15.9 Å². The van der Waals surface area contributed by atoms with Crippen molar-refractivity contribution in [2.24, 2.45) is 0 Å². The van der Waals surface area contributed by atoms with E-state index in [0.717, 1.165) is 5.56 Å². The number of anilines is 1. The number of aromatic hydroxyl groups is 1. The van der Waals surface area contributed by atoms with Gasteiger partial charge in [0.1, 0.15) is 10.9 Å². The Balaban J connectivity index is 2.21. The van der Waals surface area contributed by atoms with Crippen LogP contribution in [-0.2, 0) is 0 Å². The first-order valence-electron chi connectivity index (χ1n) is 5.15. The quantitative estimate of drug-likeness (QED) is 0.872. The van der Waals surface area contributed by atoms with Crippen molar-refractivity contribution >= 4 is 23.3 Å². The van der Waals surface area contributed by atoms with Crippen LogP contribution < -0.4 is 5.32 Å². The summed E-state index contributed by atoms with van der Waals surface area (Å²) in [6, 6.07) is 4.78. The van der Waals surface area contributed by atoms with Gasteiger partial charge in [0.15, 0.2) is 5.82 Å². The predicted molar refractivity (Wildman–Crippen MR) is 67.8 cm³/mol. The van der Waals surface area contributed by atoms with E-state index in [9.17, 15) is 9.90 Å². The Morgan fingerprint density at radius 1 is 1.33 bits per heavy atom. The number of aryl methyl sites for hydroxylation is 1. The first-order chi connectivity index (χ1) is 8.56. The van der Waals surface area contributed by atoms with Gasteiger partial charge in [0.05, 0.1) is 18.0 Å². The van der Waals surface area contributed by atoms with Gasteiger partial charge in [-0.25, -0.2) is 9.97 Å². The SMILES string of the molecule is Cc1ccc(O)c(C(=O)Nc2cnc(Cl)cn2)c1. The molecule has 0 aliphatic rings. The van der Waals surface area contributed by atoms with Gasteiger partial charge in [0, 0.05) is 0 Å². The molecule has 0 unspecified atom stereocenters. The number of carbonyl (C=O) groups is 1. The number of nitrogens with zero attached hydrogens (tertiary/aromatic N) is 2. The van der Waals surface area contributed by atoms with Gasteiger partial charge in [-0.2, -0.15) is 0 Å². The molecule has 0 saturated heterocycles. The molecule has 18 heavy (non-hydrogen) atoms. The van der Waals surface area contributed by atoms with Gasteiger partial charge in [-0.05, 0) is 19.1 Å². The number of benzene rings is 1. The Morgan fingerprint density at radius 3 is 2.78 bits per heavy atom. The molecule has 5 nitrogen and oxygen atoms in total. The van der Waals surface area contributed by atoms with Gasteiger partial charge in [0.2, 0.25) is 0 Å². The number of phenols is 1. The van der Waals surface area contributed by atoms with Crippen LogP contribution in [0.4, 0.5) is 5.82 Å². The van der Waals surface area contributed by atoms with Gasteiger partial charge >= 0.3 is 0 Å². The molecule has 1 aromatic heterocycles. The van der Waals surface area contributed by atoms with Crippen molar-refractivity contribution in [3.8, 4) is 5.75 Å². The molecule has 0 saturated carbocycles. The molecule has 2 N–H and O–H groups in total. The average molecular weight is 264 g/mol. The fraction of sp³-hybridized carbons (Fsp3) is 0.0833. The first kappa shape index (κ1) is 12.3. The minimum atomic E-state index is -0.451. The van der Waals surface area contributed by atoms with E-state index >= 15 is 0 Å². The Kier molecular flexibility index (Phi) is 3.43. The third kappa shape index (κ3) is 2.75. The summed E-state index contributed by atoms with van der Waals surface area (Å²) in [6.07, 6.45) is 2.67. The molecule has 0 atom stereocenters. The van der Waals surface area contributed by atoms with Crippen molar-refractivity contribution in [3.05, 3.63) is 46.9 Å². The van der Waals surface area contributed by atoms with Crippen molar-refractivity contribution in [1.82, 2.24) is 9.97 Å². The third-order valence-electron chi connectivity index (χ3n) is 2.26. The summed E-state index contributed by atoms with van der Waals surface area (Å²) in [6.45, 7) is 1.83. The van der Waals surface area contributed by atoms with Crippen molar-refractivity contribution in [1.29, 1.82) is 0 Å². The van der Waals surface area contributed by atoms with E-state index in [4.69, 9.17) is 11.6 Å². The molecule has 2 rings (SSSR count). The Labute approximate surface area is 108 Å². The summed E-state index contributed by atoms with van der Waals surface area (Å²) in [5, 5.41) is 12.4. The molecule has 0 bridgehead atoms. The van der Waals surface area contributed by atoms with Crippen LogP contribution in [0.5, 0.6) is 5.75 Å². The highest BCUT2D eigenvalue weighted by Crippen LogP contribution is 2.19. The number of aromatic nitrogens is 2. The maximum absolute atomic E-state index is 11.9. The van der Waals surface area contributed by atoms with E-state index in [1.807, 2.05) is 6.92 Å². The number of amides is 1. The Bertz CT molecular complexity index is 584. The van der Waals surface area contributed by atoms with Crippen molar-refractivity contribution in [3.63, 3.8) is 0 Å². The Morgan fingerprint density at radius 2 is 2.11 bits per heavy atom. The molecule has 2 aromatic rings. The summed E-state index contributed by atoms with van der Waals surface area (Å²) >= 11 is 5.58. The molecule has 1 aromatic carbocycles. The predicted octanol–water partition coefficient (Wildman–Crippen LogP) is 2.40. The fourth-order valence-electron chi connectivity index (χ4n) is 1.39. The molecule has 0 fully saturated rings. The zero-order chi connectivity index (χ0) is 13.1. The molecular weight excluding hydrogens is 254 g/mol. The maximum atomic E-state index is 11.9. The molecule has 0 spiro atoms. The molecule has 1 heterocycles. The Hall–Kier alpha value is -2.14. The van der Waals surface area contributed by atoms with Gasteiger partial charge in [-0.1, -0.05) is 23.2 Å². The van der Waals surface area contributed by atoms with E-state index in [0.29, 0.717) is 0 Å². The second kappa shape index (κ2) is 5.01. The number of carbonyl (C=O) groups excluding carboxylic acids is 1. The smallest absolute Gasteiger partial charge is 0.260 e. The number of rotatable bonds is 2. The number of hydrogen-bond donors (Lipinski definition) is 2. The molecule has 0 radical (unpaired) electrons. The van der Waals surface area contributed by atoms with Crippen LogP contribution in [-0.4, -0.2) is 21.0 Å². The molecule has 92 valence electrons. The van der Waals surface area contributed by atoms with Gasteiger partial charge < -0.3 is 10.4 Å². The largest absolute Gasteiger partial charge is 0.507 e. The zero-order valence-electron chi connectivity index (χ0n) is 9.51. The molecule has 1 amide bonds. The molecular formula is C12H10ClN3O2. The van der Waals surface area contributed by atoms with E-state index in [1.54, 1.807) is 12.1 Å². The van der Waals surface area contributed by atoms with Crippen LogP contribution in [0, 0.1) is 6.92 Å².